The maximum Gasteiger partial charge on any atom is 0.219 e. The Balaban J connectivity index is 0.000000375. The highest BCUT2D eigenvalue weighted by molar-refractivity contribution is 7.18. The summed E-state index contributed by atoms with van der Waals surface area (Å²) in [6.45, 7) is 17.8. The fourth-order valence-corrected chi connectivity index (χ4v) is 5.73. The van der Waals surface area contributed by atoms with E-state index in [-0.39, 0.29) is 12.0 Å². The lowest BCUT2D eigenvalue weighted by Crippen LogP contribution is -2.24. The summed E-state index contributed by atoms with van der Waals surface area (Å²) in [5.41, 5.74) is 5.76. The van der Waals surface area contributed by atoms with Crippen molar-refractivity contribution in [2.75, 3.05) is 13.1 Å². The van der Waals surface area contributed by atoms with Crippen LogP contribution in [-0.2, 0) is 11.2 Å². The third-order valence-corrected chi connectivity index (χ3v) is 7.68. The number of aromatic nitrogens is 1. The molecule has 1 atom stereocenters. The number of rotatable bonds is 4. The van der Waals surface area contributed by atoms with E-state index in [4.69, 9.17) is 4.74 Å². The highest BCUT2D eigenvalue weighted by Gasteiger charge is 2.22. The largest absolute Gasteiger partial charge is 0.490 e. The average Bonchev–Trinajstić information content (AvgIpc) is 3.73. The summed E-state index contributed by atoms with van der Waals surface area (Å²) in [5, 5.41) is 10.4. The van der Waals surface area contributed by atoms with Gasteiger partial charge in [-0.1, -0.05) is 52.8 Å². The van der Waals surface area contributed by atoms with Crippen LogP contribution in [0.4, 0.5) is 0 Å². The lowest BCUT2D eigenvalue weighted by molar-refractivity contribution is -0.127. The second-order valence-corrected chi connectivity index (χ2v) is 10.6. The number of carbonyl (C=O) groups excluding carboxylic acids is 1. The number of nitriles is 1. The van der Waals surface area contributed by atoms with Crippen LogP contribution in [-0.4, -0.2) is 35.0 Å². The van der Waals surface area contributed by atoms with Crippen molar-refractivity contribution in [1.29, 1.82) is 5.26 Å². The Labute approximate surface area is 239 Å². The number of carbonyl (C=O) groups is 1. The predicted octanol–water partition coefficient (Wildman–Crippen LogP) is 8.87. The van der Waals surface area contributed by atoms with Crippen LogP contribution in [0.3, 0.4) is 0 Å². The molecule has 2 aromatic carbocycles. The molecular formula is C33H45N3O2S. The molecule has 5 nitrogen and oxygen atoms in total. The van der Waals surface area contributed by atoms with E-state index >= 15 is 0 Å². The zero-order valence-electron chi connectivity index (χ0n) is 25.0. The van der Waals surface area contributed by atoms with E-state index in [1.807, 2.05) is 70.8 Å². The first kappa shape index (κ1) is 32.0. The van der Waals surface area contributed by atoms with Crippen molar-refractivity contribution >= 4 is 17.2 Å². The predicted molar refractivity (Wildman–Crippen MR) is 164 cm³/mol. The van der Waals surface area contributed by atoms with E-state index in [2.05, 4.69) is 36.2 Å². The minimum Gasteiger partial charge on any atom is -0.490 e. The molecule has 0 saturated carbocycles. The summed E-state index contributed by atoms with van der Waals surface area (Å²) in [4.78, 5) is 18.3. The van der Waals surface area contributed by atoms with E-state index in [9.17, 15) is 10.1 Å². The van der Waals surface area contributed by atoms with E-state index in [0.717, 1.165) is 30.1 Å². The van der Waals surface area contributed by atoms with Crippen LogP contribution in [0.2, 0.25) is 0 Å². The second-order valence-electron chi connectivity index (χ2n) is 9.55. The van der Waals surface area contributed by atoms with Gasteiger partial charge in [-0.05, 0) is 80.3 Å². The SMILES string of the molecule is CC.CC.CC(=O)N1CCCC1.CC(C)Oc1ccc(-c2ncc(-c3cccc4c3CCC4C)s2)cc1C#N. The van der Waals surface area contributed by atoms with Crippen LogP contribution in [0.15, 0.2) is 42.6 Å². The molecule has 0 spiro atoms. The lowest BCUT2D eigenvalue weighted by atomic mass is 9.99. The molecule has 0 radical (unpaired) electrons. The third kappa shape index (κ3) is 8.41. The highest BCUT2D eigenvalue weighted by atomic mass is 32.1. The number of fused-ring (bicyclic) bond motifs is 1. The molecule has 39 heavy (non-hydrogen) atoms. The van der Waals surface area contributed by atoms with Gasteiger partial charge in [-0.3, -0.25) is 4.79 Å². The van der Waals surface area contributed by atoms with Crippen molar-refractivity contribution in [3.05, 3.63) is 59.3 Å². The van der Waals surface area contributed by atoms with Gasteiger partial charge in [-0.25, -0.2) is 4.98 Å². The number of nitrogens with zero attached hydrogens (tertiary/aromatic N) is 3. The first-order valence-corrected chi connectivity index (χ1v) is 15.2. The van der Waals surface area contributed by atoms with Crippen LogP contribution in [0.5, 0.6) is 5.75 Å². The summed E-state index contributed by atoms with van der Waals surface area (Å²) < 4.78 is 5.72. The fraction of sp³-hybridized carbons (Fsp3) is 0.485. The Kier molecular flexibility index (Phi) is 13.2. The van der Waals surface area contributed by atoms with Gasteiger partial charge in [0.15, 0.2) is 0 Å². The fourth-order valence-electron chi connectivity index (χ4n) is 4.76. The van der Waals surface area contributed by atoms with Crippen molar-refractivity contribution in [2.24, 2.45) is 0 Å². The molecule has 3 aromatic rings. The molecule has 210 valence electrons. The highest BCUT2D eigenvalue weighted by Crippen LogP contribution is 2.41. The maximum absolute atomic E-state index is 10.6. The van der Waals surface area contributed by atoms with Crippen LogP contribution in [0.1, 0.15) is 97.3 Å². The van der Waals surface area contributed by atoms with Crippen molar-refractivity contribution < 1.29 is 9.53 Å². The summed E-state index contributed by atoms with van der Waals surface area (Å²) in [7, 11) is 0. The van der Waals surface area contributed by atoms with E-state index in [1.54, 1.807) is 18.3 Å². The smallest absolute Gasteiger partial charge is 0.219 e. The van der Waals surface area contributed by atoms with E-state index in [0.29, 0.717) is 17.2 Å². The van der Waals surface area contributed by atoms with Crippen molar-refractivity contribution in [2.45, 2.75) is 93.1 Å². The second kappa shape index (κ2) is 16.1. The molecule has 0 bridgehead atoms. The summed E-state index contributed by atoms with van der Waals surface area (Å²) in [5.74, 6) is 1.49. The van der Waals surface area contributed by atoms with Gasteiger partial charge < -0.3 is 9.64 Å². The standard InChI is InChI=1S/C23H22N2OS.C6H11NO.2C2H6/c1-14(2)26-21-10-8-16(11-17(21)12-24)23-25-13-22(27-23)20-6-4-5-18-15(3)7-9-19(18)20;1-6(8)7-4-2-3-5-7;2*1-2/h4-6,8,10-11,13-15H,7,9H2,1-3H3;2-5H2,1H3;2*1-2H3. The zero-order valence-corrected chi connectivity index (χ0v) is 25.8. The minimum absolute atomic E-state index is 0.0389. The number of hydrogen-bond acceptors (Lipinski definition) is 5. The Morgan fingerprint density at radius 3 is 2.41 bits per heavy atom. The Bertz CT molecular complexity index is 1240. The number of thiazole rings is 1. The molecule has 1 fully saturated rings. The Morgan fingerprint density at radius 1 is 1.13 bits per heavy atom. The third-order valence-electron chi connectivity index (χ3n) is 6.60. The number of likely N-dealkylation sites (tertiary alicyclic amines) is 1. The quantitative estimate of drug-likeness (QED) is 0.327. The Morgan fingerprint density at radius 2 is 1.82 bits per heavy atom. The molecule has 2 aliphatic rings. The van der Waals surface area contributed by atoms with Gasteiger partial charge in [-0.15, -0.1) is 11.3 Å². The zero-order chi connectivity index (χ0) is 28.9. The number of hydrogen-bond donors (Lipinski definition) is 0. The van der Waals surface area contributed by atoms with Crippen LogP contribution in [0, 0.1) is 11.3 Å². The first-order valence-electron chi connectivity index (χ1n) is 14.4. The molecule has 0 N–H and O–H groups in total. The van der Waals surface area contributed by atoms with E-state index in [1.165, 1.54) is 40.8 Å². The van der Waals surface area contributed by atoms with Gasteiger partial charge in [0.1, 0.15) is 16.8 Å². The molecule has 1 aliphatic carbocycles. The monoisotopic (exact) mass is 547 g/mol. The van der Waals surface area contributed by atoms with Gasteiger partial charge in [0, 0.05) is 31.8 Å². The maximum atomic E-state index is 10.6. The first-order chi connectivity index (χ1) is 18.9. The molecule has 1 unspecified atom stereocenters. The van der Waals surface area contributed by atoms with Gasteiger partial charge in [0.25, 0.3) is 0 Å². The molecular weight excluding hydrogens is 502 g/mol. The van der Waals surface area contributed by atoms with Crippen LogP contribution < -0.4 is 4.74 Å². The number of ether oxygens (including phenoxy) is 1. The molecule has 1 amide bonds. The van der Waals surface area contributed by atoms with E-state index < -0.39 is 0 Å². The average molecular weight is 548 g/mol. The minimum atomic E-state index is 0.0389. The van der Waals surface area contributed by atoms with Gasteiger partial charge in [-0.2, -0.15) is 5.26 Å². The summed E-state index contributed by atoms with van der Waals surface area (Å²) in [6, 6.07) is 14.6. The van der Waals surface area contributed by atoms with Crippen molar-refractivity contribution in [3.8, 4) is 32.8 Å². The summed E-state index contributed by atoms with van der Waals surface area (Å²) >= 11 is 1.68. The molecule has 1 aromatic heterocycles. The number of amides is 1. The normalized spacial score (nSPS) is 15.1. The molecule has 1 saturated heterocycles. The molecule has 6 heteroatoms. The molecule has 2 heterocycles. The topological polar surface area (TPSA) is 66.2 Å². The van der Waals surface area contributed by atoms with Gasteiger partial charge in [0.05, 0.1) is 16.5 Å². The summed E-state index contributed by atoms with van der Waals surface area (Å²) in [6.07, 6.45) is 6.75. The molecule has 1 aliphatic heterocycles. The van der Waals surface area contributed by atoms with Gasteiger partial charge >= 0.3 is 0 Å². The van der Waals surface area contributed by atoms with Crippen molar-refractivity contribution in [3.63, 3.8) is 0 Å². The number of benzene rings is 2. The van der Waals surface area contributed by atoms with Gasteiger partial charge in [0.2, 0.25) is 5.91 Å². The van der Waals surface area contributed by atoms with Crippen molar-refractivity contribution in [1.82, 2.24) is 9.88 Å². The molecule has 5 rings (SSSR count). The van der Waals surface area contributed by atoms with Crippen LogP contribution >= 0.6 is 11.3 Å². The Hall–Kier alpha value is -3.17. The lowest BCUT2D eigenvalue weighted by Gasteiger charge is -2.11. The van der Waals surface area contributed by atoms with Crippen LogP contribution in [0.25, 0.3) is 21.0 Å².